The SMILES string of the molecule is COc1ccc(Cc2cc(C34OC[C@@](CO)(O3)[C@@H](O)[C@H](OCc3ccccc3)C4OCc3ccccc3)ccc2F)cc1. The maximum atomic E-state index is 15.2. The van der Waals surface area contributed by atoms with Crippen molar-refractivity contribution in [3.8, 4) is 5.75 Å². The fraction of sp³-hybridized carbons (Fsp3) is 0.314. The summed E-state index contributed by atoms with van der Waals surface area (Å²) in [4.78, 5) is 0. The third kappa shape index (κ3) is 5.82. The van der Waals surface area contributed by atoms with E-state index in [0.717, 1.165) is 16.7 Å². The molecule has 0 aliphatic carbocycles. The lowest BCUT2D eigenvalue weighted by molar-refractivity contribution is -0.347. The second-order valence-corrected chi connectivity index (χ2v) is 11.0. The molecule has 2 unspecified atom stereocenters. The number of methoxy groups -OCH3 is 1. The van der Waals surface area contributed by atoms with Crippen molar-refractivity contribution in [1.29, 1.82) is 0 Å². The van der Waals surface area contributed by atoms with E-state index in [9.17, 15) is 10.2 Å². The summed E-state index contributed by atoms with van der Waals surface area (Å²) in [5.74, 6) is -1.25. The van der Waals surface area contributed by atoms with Crippen LogP contribution >= 0.6 is 0 Å². The van der Waals surface area contributed by atoms with Crippen molar-refractivity contribution in [1.82, 2.24) is 0 Å². The van der Waals surface area contributed by atoms with Gasteiger partial charge in [0.25, 0.3) is 0 Å². The number of rotatable bonds is 11. The summed E-state index contributed by atoms with van der Waals surface area (Å²) in [6.45, 7) is -0.236. The van der Waals surface area contributed by atoms with Gasteiger partial charge in [0.1, 0.15) is 35.5 Å². The van der Waals surface area contributed by atoms with Gasteiger partial charge in [0, 0.05) is 12.0 Å². The zero-order chi connectivity index (χ0) is 29.9. The van der Waals surface area contributed by atoms with Gasteiger partial charge in [0.05, 0.1) is 33.5 Å². The third-order valence-corrected chi connectivity index (χ3v) is 8.24. The molecule has 2 heterocycles. The van der Waals surface area contributed by atoms with E-state index in [1.165, 1.54) is 6.07 Å². The lowest BCUT2D eigenvalue weighted by atomic mass is 9.83. The number of halogens is 1. The minimum Gasteiger partial charge on any atom is -0.497 e. The molecule has 7 nitrogen and oxygen atoms in total. The van der Waals surface area contributed by atoms with Gasteiger partial charge in [-0.3, -0.25) is 0 Å². The molecule has 0 aromatic heterocycles. The first kappa shape index (κ1) is 29.4. The van der Waals surface area contributed by atoms with Crippen molar-refractivity contribution in [2.24, 2.45) is 0 Å². The molecule has 0 amide bonds. The van der Waals surface area contributed by atoms with Crippen molar-refractivity contribution < 1.29 is 38.3 Å². The summed E-state index contributed by atoms with van der Waals surface area (Å²) in [6.07, 6.45) is -2.86. The standard InChI is InChI=1S/C35H35FO7/c1-39-29-15-12-24(13-16-29)18-27-19-28(14-17-30(27)36)35-33(41-21-26-10-6-3-7-11-26)31(40-20-25-8-4-2-5-9-25)32(38)34(22-37,43-35)23-42-35/h2-17,19,31-33,37-38H,18,20-23H2,1H3/t31-,32-,33?,34+,35?/m0/s1. The third-order valence-electron chi connectivity index (χ3n) is 8.24. The van der Waals surface area contributed by atoms with Crippen LogP contribution in [0.5, 0.6) is 5.75 Å². The number of hydrogen-bond acceptors (Lipinski definition) is 7. The smallest absolute Gasteiger partial charge is 0.225 e. The molecule has 2 aliphatic heterocycles. The minimum absolute atomic E-state index is 0.105. The number of aliphatic hydroxyl groups is 2. The molecular weight excluding hydrogens is 551 g/mol. The molecule has 2 bridgehead atoms. The molecular formula is C35H35FO7. The predicted molar refractivity (Wildman–Crippen MR) is 157 cm³/mol. The lowest BCUT2D eigenvalue weighted by Gasteiger charge is -2.49. The van der Waals surface area contributed by atoms with E-state index < -0.39 is 36.3 Å². The Bertz CT molecular complexity index is 1500. The Hall–Kier alpha value is -3.63. The highest BCUT2D eigenvalue weighted by Gasteiger charge is 2.68. The van der Waals surface area contributed by atoms with E-state index in [1.54, 1.807) is 19.2 Å². The van der Waals surface area contributed by atoms with Crippen molar-refractivity contribution in [2.45, 2.75) is 49.3 Å². The highest BCUT2D eigenvalue weighted by Crippen LogP contribution is 2.52. The summed E-state index contributed by atoms with van der Waals surface area (Å²) in [7, 11) is 1.60. The number of hydrogen-bond donors (Lipinski definition) is 2. The second kappa shape index (κ2) is 12.5. The largest absolute Gasteiger partial charge is 0.497 e. The van der Waals surface area contributed by atoms with Gasteiger partial charge in [-0.2, -0.15) is 0 Å². The van der Waals surface area contributed by atoms with Crippen molar-refractivity contribution in [3.63, 3.8) is 0 Å². The average molecular weight is 587 g/mol. The Morgan fingerprint density at radius 3 is 2.12 bits per heavy atom. The van der Waals surface area contributed by atoms with Gasteiger partial charge in [-0.1, -0.05) is 78.9 Å². The van der Waals surface area contributed by atoms with Gasteiger partial charge in [0.2, 0.25) is 5.79 Å². The van der Waals surface area contributed by atoms with Crippen molar-refractivity contribution >= 4 is 0 Å². The molecule has 2 aliphatic rings. The highest BCUT2D eigenvalue weighted by atomic mass is 19.1. The fourth-order valence-electron chi connectivity index (χ4n) is 5.84. The molecule has 43 heavy (non-hydrogen) atoms. The number of ether oxygens (including phenoxy) is 5. The van der Waals surface area contributed by atoms with Crippen LogP contribution in [0.1, 0.15) is 27.8 Å². The molecule has 0 spiro atoms. The first-order valence-electron chi connectivity index (χ1n) is 14.3. The van der Waals surface area contributed by atoms with Crippen LogP contribution in [0.4, 0.5) is 4.39 Å². The van der Waals surface area contributed by atoms with Crippen LogP contribution in [0, 0.1) is 5.82 Å². The quantitative estimate of drug-likeness (QED) is 0.259. The Balaban J connectivity index is 1.38. The van der Waals surface area contributed by atoms with Crippen LogP contribution in [0.15, 0.2) is 103 Å². The van der Waals surface area contributed by atoms with Crippen LogP contribution in [0.2, 0.25) is 0 Å². The molecule has 6 rings (SSSR count). The van der Waals surface area contributed by atoms with Gasteiger partial charge < -0.3 is 33.9 Å². The van der Waals surface area contributed by atoms with Gasteiger partial charge in [-0.25, -0.2) is 4.39 Å². The molecule has 5 atom stereocenters. The molecule has 224 valence electrons. The van der Waals surface area contributed by atoms with E-state index in [1.807, 2.05) is 84.9 Å². The molecule has 4 aromatic rings. The summed E-state index contributed by atoms with van der Waals surface area (Å²) < 4.78 is 46.3. The summed E-state index contributed by atoms with van der Waals surface area (Å²) in [6, 6.07) is 31.4. The van der Waals surface area contributed by atoms with Gasteiger partial charge in [-0.05, 0) is 46.5 Å². The van der Waals surface area contributed by atoms with Gasteiger partial charge >= 0.3 is 0 Å². The lowest BCUT2D eigenvalue weighted by Crippen LogP contribution is -2.66. The average Bonchev–Trinajstić information content (AvgIpc) is 3.43. The molecule has 2 N–H and O–H groups in total. The van der Waals surface area contributed by atoms with E-state index in [4.69, 9.17) is 23.7 Å². The summed E-state index contributed by atoms with van der Waals surface area (Å²) in [5.41, 5.74) is 2.19. The predicted octanol–water partition coefficient (Wildman–Crippen LogP) is 4.90. The maximum Gasteiger partial charge on any atom is 0.225 e. The Labute approximate surface area is 250 Å². The normalized spacial score (nSPS) is 26.4. The Morgan fingerprint density at radius 2 is 1.49 bits per heavy atom. The Morgan fingerprint density at radius 1 is 0.837 bits per heavy atom. The topological polar surface area (TPSA) is 86.6 Å². The number of aliphatic hydroxyl groups excluding tert-OH is 2. The van der Waals surface area contributed by atoms with Crippen molar-refractivity contribution in [3.05, 3.63) is 137 Å². The van der Waals surface area contributed by atoms with Crippen LogP contribution in [0.3, 0.4) is 0 Å². The minimum atomic E-state index is -1.58. The molecule has 4 aromatic carbocycles. The first-order valence-corrected chi connectivity index (χ1v) is 14.3. The van der Waals surface area contributed by atoms with E-state index >= 15 is 4.39 Å². The van der Waals surface area contributed by atoms with Crippen LogP contribution in [-0.4, -0.2) is 54.4 Å². The number of fused-ring (bicyclic) bond motifs is 2. The molecule has 2 fully saturated rings. The first-order chi connectivity index (χ1) is 21.0. The van der Waals surface area contributed by atoms with Crippen LogP contribution in [-0.2, 0) is 44.4 Å². The fourth-order valence-corrected chi connectivity index (χ4v) is 5.84. The number of benzene rings is 4. The molecule has 8 heteroatoms. The monoisotopic (exact) mass is 586 g/mol. The summed E-state index contributed by atoms with van der Waals surface area (Å²) in [5, 5.41) is 22.1. The van der Waals surface area contributed by atoms with Gasteiger partial charge in [-0.15, -0.1) is 0 Å². The van der Waals surface area contributed by atoms with E-state index in [0.29, 0.717) is 23.3 Å². The van der Waals surface area contributed by atoms with Crippen molar-refractivity contribution in [2.75, 3.05) is 20.3 Å². The van der Waals surface area contributed by atoms with Crippen LogP contribution in [0.25, 0.3) is 0 Å². The van der Waals surface area contributed by atoms with E-state index in [2.05, 4.69) is 0 Å². The Kier molecular flexibility index (Phi) is 8.59. The van der Waals surface area contributed by atoms with E-state index in [-0.39, 0.29) is 25.6 Å². The maximum absolute atomic E-state index is 15.2. The zero-order valence-electron chi connectivity index (χ0n) is 23.9. The molecule has 0 radical (unpaired) electrons. The second-order valence-electron chi connectivity index (χ2n) is 11.0. The van der Waals surface area contributed by atoms with Gasteiger partial charge in [0.15, 0.2) is 0 Å². The van der Waals surface area contributed by atoms with Crippen LogP contribution < -0.4 is 4.74 Å². The highest BCUT2D eigenvalue weighted by molar-refractivity contribution is 5.37. The molecule has 0 saturated carbocycles. The zero-order valence-corrected chi connectivity index (χ0v) is 23.9. The summed E-state index contributed by atoms with van der Waals surface area (Å²) >= 11 is 0. The molecule has 2 saturated heterocycles.